The number of allylic oxidation sites excluding steroid dienone is 3. The minimum atomic E-state index is -0.441. The number of dihydropyridines is 1. The Balaban J connectivity index is 1.79. The molecule has 0 radical (unpaired) electrons. The van der Waals surface area contributed by atoms with Gasteiger partial charge in [0, 0.05) is 45.6 Å². The summed E-state index contributed by atoms with van der Waals surface area (Å²) < 4.78 is 0. The number of ketones is 1. The number of nitrogens with one attached hydrogen (secondary N) is 2. The maximum Gasteiger partial charge on any atom is 0.255 e. The Morgan fingerprint density at radius 1 is 1.13 bits per heavy atom. The van der Waals surface area contributed by atoms with E-state index in [9.17, 15) is 9.59 Å². The van der Waals surface area contributed by atoms with Crippen LogP contribution >= 0.6 is 11.6 Å². The molecule has 1 aliphatic carbocycles. The SMILES string of the molecule is CC1=C(C(=O)Nc2cccc(C)n2)C(c2ccc(Cl)cc2)C2=C(CC(C)CC2=O)N1. The van der Waals surface area contributed by atoms with Gasteiger partial charge in [-0.15, -0.1) is 0 Å². The van der Waals surface area contributed by atoms with Crippen molar-refractivity contribution in [1.29, 1.82) is 0 Å². The van der Waals surface area contributed by atoms with Crippen LogP contribution in [0.25, 0.3) is 0 Å². The lowest BCUT2D eigenvalue weighted by Gasteiger charge is -2.36. The molecule has 1 aliphatic heterocycles. The lowest BCUT2D eigenvalue weighted by Crippen LogP contribution is -2.37. The van der Waals surface area contributed by atoms with Crippen LogP contribution in [0.3, 0.4) is 0 Å². The molecule has 1 aromatic heterocycles. The Morgan fingerprint density at radius 3 is 2.57 bits per heavy atom. The molecule has 0 saturated heterocycles. The molecule has 2 unspecified atom stereocenters. The molecule has 2 heterocycles. The first kappa shape index (κ1) is 20.4. The Morgan fingerprint density at radius 2 is 1.87 bits per heavy atom. The van der Waals surface area contributed by atoms with Gasteiger partial charge in [0.15, 0.2) is 5.78 Å². The summed E-state index contributed by atoms with van der Waals surface area (Å²) in [7, 11) is 0. The van der Waals surface area contributed by atoms with E-state index in [0.29, 0.717) is 28.4 Å². The molecular formula is C24H24ClN3O2. The van der Waals surface area contributed by atoms with Crippen molar-refractivity contribution in [2.24, 2.45) is 5.92 Å². The predicted molar refractivity (Wildman–Crippen MR) is 118 cm³/mol. The van der Waals surface area contributed by atoms with E-state index in [-0.39, 0.29) is 17.6 Å². The highest BCUT2D eigenvalue weighted by molar-refractivity contribution is 6.30. The fraction of sp³-hybridized carbons (Fsp3) is 0.292. The normalized spacial score (nSPS) is 21.3. The highest BCUT2D eigenvalue weighted by Gasteiger charge is 2.39. The summed E-state index contributed by atoms with van der Waals surface area (Å²) in [6.07, 6.45) is 1.27. The number of amides is 1. The molecule has 2 aliphatic rings. The monoisotopic (exact) mass is 421 g/mol. The molecule has 1 aromatic carbocycles. The second-order valence-corrected chi connectivity index (χ2v) is 8.53. The number of anilines is 1. The van der Waals surface area contributed by atoms with Gasteiger partial charge in [-0.25, -0.2) is 4.98 Å². The lowest BCUT2D eigenvalue weighted by molar-refractivity contribution is -0.117. The van der Waals surface area contributed by atoms with E-state index in [1.165, 1.54) is 0 Å². The van der Waals surface area contributed by atoms with E-state index in [4.69, 9.17) is 11.6 Å². The van der Waals surface area contributed by atoms with Crippen molar-refractivity contribution >= 4 is 29.1 Å². The number of carbonyl (C=O) groups excluding carboxylic acids is 2. The van der Waals surface area contributed by atoms with Crippen LogP contribution in [0.2, 0.25) is 5.02 Å². The molecule has 0 fully saturated rings. The Kier molecular flexibility index (Phi) is 5.48. The Bertz CT molecular complexity index is 1090. The van der Waals surface area contributed by atoms with Crippen LogP contribution in [-0.2, 0) is 9.59 Å². The first-order chi connectivity index (χ1) is 14.3. The molecule has 2 aromatic rings. The summed E-state index contributed by atoms with van der Waals surface area (Å²) in [5, 5.41) is 6.87. The van der Waals surface area contributed by atoms with Crippen molar-refractivity contribution in [2.45, 2.75) is 39.5 Å². The Hall–Kier alpha value is -2.92. The quantitative estimate of drug-likeness (QED) is 0.739. The van der Waals surface area contributed by atoms with Crippen LogP contribution < -0.4 is 10.6 Å². The number of nitrogens with zero attached hydrogens (tertiary/aromatic N) is 1. The standard InChI is InChI=1S/C24H24ClN3O2/c1-13-11-18-23(19(29)12-13)22(16-7-9-17(25)10-8-16)21(15(3)27-18)24(30)28-20-6-4-5-14(2)26-20/h4-10,13,22,27H,11-12H2,1-3H3,(H,26,28,30). The highest BCUT2D eigenvalue weighted by atomic mass is 35.5. The predicted octanol–water partition coefficient (Wildman–Crippen LogP) is 4.90. The number of aromatic nitrogens is 1. The zero-order valence-electron chi connectivity index (χ0n) is 17.3. The van der Waals surface area contributed by atoms with Gasteiger partial charge in [0.25, 0.3) is 5.91 Å². The van der Waals surface area contributed by atoms with Crippen LogP contribution in [0, 0.1) is 12.8 Å². The minimum absolute atomic E-state index is 0.0858. The second-order valence-electron chi connectivity index (χ2n) is 8.10. The summed E-state index contributed by atoms with van der Waals surface area (Å²) in [5.41, 5.74) is 4.57. The zero-order chi connectivity index (χ0) is 21.4. The number of hydrogen-bond donors (Lipinski definition) is 2. The van der Waals surface area contributed by atoms with Crippen LogP contribution in [0.4, 0.5) is 5.82 Å². The summed E-state index contributed by atoms with van der Waals surface area (Å²) in [5.74, 6) is 0.134. The molecule has 0 spiro atoms. The summed E-state index contributed by atoms with van der Waals surface area (Å²) >= 11 is 6.09. The topological polar surface area (TPSA) is 71.1 Å². The molecule has 2 atom stereocenters. The third kappa shape index (κ3) is 3.90. The first-order valence-electron chi connectivity index (χ1n) is 10.1. The molecule has 2 N–H and O–H groups in total. The van der Waals surface area contributed by atoms with Crippen molar-refractivity contribution in [1.82, 2.24) is 10.3 Å². The summed E-state index contributed by atoms with van der Waals surface area (Å²) in [6, 6.07) is 12.8. The molecule has 30 heavy (non-hydrogen) atoms. The van der Waals surface area contributed by atoms with Crippen LogP contribution in [0.1, 0.15) is 43.9 Å². The fourth-order valence-corrected chi connectivity index (χ4v) is 4.45. The Labute approximate surface area is 181 Å². The molecular weight excluding hydrogens is 398 g/mol. The van der Waals surface area contributed by atoms with Crippen molar-refractivity contribution in [3.63, 3.8) is 0 Å². The molecule has 0 bridgehead atoms. The number of halogens is 1. The van der Waals surface area contributed by atoms with Gasteiger partial charge >= 0.3 is 0 Å². The summed E-state index contributed by atoms with van der Waals surface area (Å²) in [6.45, 7) is 5.83. The van der Waals surface area contributed by atoms with Crippen molar-refractivity contribution < 1.29 is 9.59 Å². The molecule has 1 amide bonds. The minimum Gasteiger partial charge on any atom is -0.362 e. The number of aryl methyl sites for hydroxylation is 1. The van der Waals surface area contributed by atoms with Gasteiger partial charge < -0.3 is 10.6 Å². The summed E-state index contributed by atoms with van der Waals surface area (Å²) in [4.78, 5) is 30.8. The van der Waals surface area contributed by atoms with Gasteiger partial charge in [-0.2, -0.15) is 0 Å². The van der Waals surface area contributed by atoms with E-state index >= 15 is 0 Å². The van der Waals surface area contributed by atoms with Gasteiger partial charge in [0.2, 0.25) is 0 Å². The van der Waals surface area contributed by atoms with E-state index in [1.807, 2.05) is 38.1 Å². The number of pyridine rings is 1. The van der Waals surface area contributed by atoms with Gasteiger partial charge in [-0.1, -0.05) is 36.7 Å². The lowest BCUT2D eigenvalue weighted by atomic mass is 9.73. The van der Waals surface area contributed by atoms with Crippen molar-refractivity contribution in [3.8, 4) is 0 Å². The maximum absolute atomic E-state index is 13.4. The third-order valence-electron chi connectivity index (χ3n) is 5.61. The maximum atomic E-state index is 13.4. The fourth-order valence-electron chi connectivity index (χ4n) is 4.32. The van der Waals surface area contributed by atoms with Crippen LogP contribution in [0.5, 0.6) is 0 Å². The van der Waals surface area contributed by atoms with E-state index in [2.05, 4.69) is 22.5 Å². The average Bonchev–Trinajstić information content (AvgIpc) is 2.67. The molecule has 5 nitrogen and oxygen atoms in total. The molecule has 0 saturated carbocycles. The van der Waals surface area contributed by atoms with Crippen LogP contribution in [0.15, 0.2) is 65.0 Å². The van der Waals surface area contributed by atoms with E-state index < -0.39 is 5.92 Å². The highest BCUT2D eigenvalue weighted by Crippen LogP contribution is 2.43. The molecule has 4 rings (SSSR count). The number of Topliss-reactive ketones (excluding diaryl/α,β-unsaturated/α-hetero) is 1. The number of rotatable bonds is 3. The largest absolute Gasteiger partial charge is 0.362 e. The van der Waals surface area contributed by atoms with Gasteiger partial charge in [-0.05, 0) is 56.0 Å². The second kappa shape index (κ2) is 8.07. The molecule has 6 heteroatoms. The first-order valence-corrected chi connectivity index (χ1v) is 10.5. The van der Waals surface area contributed by atoms with Gasteiger partial charge in [0.05, 0.1) is 0 Å². The van der Waals surface area contributed by atoms with Crippen molar-refractivity contribution in [3.05, 3.63) is 81.3 Å². The molecule has 154 valence electrons. The third-order valence-corrected chi connectivity index (χ3v) is 5.86. The van der Waals surface area contributed by atoms with E-state index in [1.54, 1.807) is 18.2 Å². The van der Waals surface area contributed by atoms with Crippen molar-refractivity contribution in [2.75, 3.05) is 5.32 Å². The average molecular weight is 422 g/mol. The number of carbonyl (C=O) groups is 2. The van der Waals surface area contributed by atoms with Gasteiger partial charge in [-0.3, -0.25) is 9.59 Å². The number of hydrogen-bond acceptors (Lipinski definition) is 4. The number of benzene rings is 1. The smallest absolute Gasteiger partial charge is 0.255 e. The zero-order valence-corrected chi connectivity index (χ0v) is 18.0. The van der Waals surface area contributed by atoms with Gasteiger partial charge in [0.1, 0.15) is 5.82 Å². The van der Waals surface area contributed by atoms with E-state index in [0.717, 1.165) is 29.1 Å². The van der Waals surface area contributed by atoms with Crippen LogP contribution in [-0.4, -0.2) is 16.7 Å².